The van der Waals surface area contributed by atoms with Gasteiger partial charge in [-0.3, -0.25) is 9.59 Å². The Morgan fingerprint density at radius 2 is 1.51 bits per heavy atom. The van der Waals surface area contributed by atoms with Crippen LogP contribution < -0.4 is 4.74 Å². The molecule has 0 fully saturated rings. The number of nitrogens with zero attached hydrogens (tertiary/aromatic N) is 3. The molecule has 6 heteroatoms. The molecule has 0 atom stereocenters. The minimum atomic E-state index is -0.0201. The third-order valence-electron chi connectivity index (χ3n) is 7.04. The lowest BCUT2D eigenvalue weighted by atomic mass is 10.1. The first-order chi connectivity index (χ1) is 19.0. The van der Waals surface area contributed by atoms with Crippen molar-refractivity contribution in [2.45, 2.75) is 78.4 Å². The maximum atomic E-state index is 13.8. The normalized spacial score (nSPS) is 10.8. The van der Waals surface area contributed by atoms with Gasteiger partial charge in [-0.05, 0) is 48.2 Å². The SMILES string of the molecule is CCCCCC(=O)N(CCCCC)CC(=O)N(Cc1ccccc1)Cc1cccn1Cc1cccc(OC)c1. The van der Waals surface area contributed by atoms with Crippen molar-refractivity contribution in [3.63, 3.8) is 0 Å². The van der Waals surface area contributed by atoms with Crippen molar-refractivity contribution in [2.75, 3.05) is 20.2 Å². The molecule has 0 saturated carbocycles. The number of methoxy groups -OCH3 is 1. The van der Waals surface area contributed by atoms with Gasteiger partial charge in [0.15, 0.2) is 0 Å². The molecule has 0 bridgehead atoms. The second kappa shape index (κ2) is 16.4. The number of carbonyl (C=O) groups excluding carboxylic acids is 2. The minimum absolute atomic E-state index is 0.0201. The van der Waals surface area contributed by atoms with Crippen LogP contribution in [-0.2, 0) is 29.2 Å². The van der Waals surface area contributed by atoms with Gasteiger partial charge >= 0.3 is 0 Å². The topological polar surface area (TPSA) is 54.8 Å². The zero-order valence-electron chi connectivity index (χ0n) is 24.0. The number of carbonyl (C=O) groups is 2. The van der Waals surface area contributed by atoms with Crippen molar-refractivity contribution in [2.24, 2.45) is 0 Å². The number of ether oxygens (including phenoxy) is 1. The Morgan fingerprint density at radius 3 is 2.26 bits per heavy atom. The van der Waals surface area contributed by atoms with E-state index in [1.807, 2.05) is 65.7 Å². The summed E-state index contributed by atoms with van der Waals surface area (Å²) in [6.45, 7) is 6.70. The molecular formula is C33H45N3O3. The standard InChI is InChI=1S/C33H45N3O3/c1-4-6-9-20-32(37)35(21-12-7-5-2)27-33(38)36(24-28-15-10-8-11-16-28)26-30-18-14-22-34(30)25-29-17-13-19-31(23-29)39-3/h8,10-11,13-19,22-23H,4-7,9,12,20-21,24-27H2,1-3H3. The highest BCUT2D eigenvalue weighted by atomic mass is 16.5. The van der Waals surface area contributed by atoms with Gasteiger partial charge in [0.2, 0.25) is 11.8 Å². The maximum Gasteiger partial charge on any atom is 0.242 e. The molecule has 0 radical (unpaired) electrons. The summed E-state index contributed by atoms with van der Waals surface area (Å²) in [5.74, 6) is 0.899. The fourth-order valence-corrected chi connectivity index (χ4v) is 4.74. The Balaban J connectivity index is 1.78. The number of rotatable bonds is 17. The van der Waals surface area contributed by atoms with Crippen LogP contribution in [0.15, 0.2) is 72.9 Å². The van der Waals surface area contributed by atoms with E-state index in [0.717, 1.165) is 61.1 Å². The second-order valence-electron chi connectivity index (χ2n) is 10.2. The van der Waals surface area contributed by atoms with E-state index in [4.69, 9.17) is 4.74 Å². The van der Waals surface area contributed by atoms with Crippen molar-refractivity contribution in [1.82, 2.24) is 14.4 Å². The largest absolute Gasteiger partial charge is 0.497 e. The fourth-order valence-electron chi connectivity index (χ4n) is 4.74. The van der Waals surface area contributed by atoms with Gasteiger partial charge < -0.3 is 19.1 Å². The zero-order chi connectivity index (χ0) is 27.9. The summed E-state index contributed by atoms with van der Waals surface area (Å²) in [6, 6.07) is 22.2. The molecule has 1 heterocycles. The molecular weight excluding hydrogens is 486 g/mol. The maximum absolute atomic E-state index is 13.8. The average Bonchev–Trinajstić information content (AvgIpc) is 3.39. The van der Waals surface area contributed by atoms with E-state index in [-0.39, 0.29) is 18.4 Å². The van der Waals surface area contributed by atoms with Crippen molar-refractivity contribution in [3.05, 3.63) is 89.7 Å². The molecule has 6 nitrogen and oxygen atoms in total. The Bertz CT molecular complexity index is 1140. The first-order valence-electron chi connectivity index (χ1n) is 14.4. The predicted molar refractivity (Wildman–Crippen MR) is 157 cm³/mol. The van der Waals surface area contributed by atoms with E-state index < -0.39 is 0 Å². The van der Waals surface area contributed by atoms with E-state index in [2.05, 4.69) is 30.5 Å². The van der Waals surface area contributed by atoms with Crippen molar-refractivity contribution >= 4 is 11.8 Å². The van der Waals surface area contributed by atoms with E-state index in [9.17, 15) is 9.59 Å². The molecule has 3 aromatic rings. The first kappa shape index (κ1) is 30.0. The number of amides is 2. The Labute approximate surface area is 234 Å². The molecule has 0 aliphatic heterocycles. The van der Waals surface area contributed by atoms with Crippen LogP contribution in [0.25, 0.3) is 0 Å². The summed E-state index contributed by atoms with van der Waals surface area (Å²) in [5, 5.41) is 0. The molecule has 2 aromatic carbocycles. The molecule has 0 saturated heterocycles. The molecule has 2 amide bonds. The van der Waals surface area contributed by atoms with Gasteiger partial charge in [0.25, 0.3) is 0 Å². The summed E-state index contributed by atoms with van der Waals surface area (Å²) < 4.78 is 7.57. The number of aromatic nitrogens is 1. The van der Waals surface area contributed by atoms with Gasteiger partial charge in [0, 0.05) is 37.9 Å². The highest BCUT2D eigenvalue weighted by molar-refractivity contribution is 5.84. The Morgan fingerprint density at radius 1 is 0.769 bits per heavy atom. The van der Waals surface area contributed by atoms with Gasteiger partial charge in [-0.2, -0.15) is 0 Å². The van der Waals surface area contributed by atoms with Gasteiger partial charge in [-0.15, -0.1) is 0 Å². The molecule has 210 valence electrons. The number of hydrogen-bond donors (Lipinski definition) is 0. The van der Waals surface area contributed by atoms with E-state index in [1.54, 1.807) is 12.0 Å². The van der Waals surface area contributed by atoms with Gasteiger partial charge in [0.1, 0.15) is 5.75 Å². The van der Waals surface area contributed by atoms with E-state index in [0.29, 0.717) is 32.6 Å². The lowest BCUT2D eigenvalue weighted by Gasteiger charge is -2.28. The highest BCUT2D eigenvalue weighted by Gasteiger charge is 2.22. The summed E-state index contributed by atoms with van der Waals surface area (Å²) in [6.07, 6.45) is 8.60. The minimum Gasteiger partial charge on any atom is -0.497 e. The summed E-state index contributed by atoms with van der Waals surface area (Å²) in [7, 11) is 1.67. The molecule has 0 aliphatic rings. The Kier molecular flexibility index (Phi) is 12.6. The second-order valence-corrected chi connectivity index (χ2v) is 10.2. The number of hydrogen-bond acceptors (Lipinski definition) is 3. The van der Waals surface area contributed by atoms with Crippen LogP contribution in [0.4, 0.5) is 0 Å². The van der Waals surface area contributed by atoms with Crippen molar-refractivity contribution in [1.29, 1.82) is 0 Å². The molecule has 0 aliphatic carbocycles. The summed E-state index contributed by atoms with van der Waals surface area (Å²) in [4.78, 5) is 30.6. The van der Waals surface area contributed by atoms with Crippen LogP contribution >= 0.6 is 0 Å². The van der Waals surface area contributed by atoms with E-state index >= 15 is 0 Å². The van der Waals surface area contributed by atoms with Crippen molar-refractivity contribution in [3.8, 4) is 5.75 Å². The molecule has 0 spiro atoms. The molecule has 3 rings (SSSR count). The molecule has 39 heavy (non-hydrogen) atoms. The summed E-state index contributed by atoms with van der Waals surface area (Å²) >= 11 is 0. The van der Waals surface area contributed by atoms with E-state index in [1.165, 1.54) is 0 Å². The zero-order valence-corrected chi connectivity index (χ0v) is 24.0. The van der Waals surface area contributed by atoms with Crippen LogP contribution in [0.5, 0.6) is 5.75 Å². The van der Waals surface area contributed by atoms with Crippen LogP contribution in [0.2, 0.25) is 0 Å². The lowest BCUT2D eigenvalue weighted by molar-refractivity contribution is -0.141. The quantitative estimate of drug-likeness (QED) is 0.183. The van der Waals surface area contributed by atoms with Gasteiger partial charge in [-0.25, -0.2) is 0 Å². The lowest BCUT2D eigenvalue weighted by Crippen LogP contribution is -2.43. The molecule has 1 aromatic heterocycles. The third kappa shape index (κ3) is 9.93. The number of benzene rings is 2. The molecule has 0 N–H and O–H groups in total. The third-order valence-corrected chi connectivity index (χ3v) is 7.04. The van der Waals surface area contributed by atoms with Gasteiger partial charge in [-0.1, -0.05) is 82.0 Å². The van der Waals surface area contributed by atoms with Gasteiger partial charge in [0.05, 0.1) is 20.2 Å². The first-order valence-corrected chi connectivity index (χ1v) is 14.4. The van der Waals surface area contributed by atoms with Crippen LogP contribution in [0.3, 0.4) is 0 Å². The predicted octanol–water partition coefficient (Wildman–Crippen LogP) is 6.67. The fraction of sp³-hybridized carbons (Fsp3) is 0.455. The van der Waals surface area contributed by atoms with Crippen LogP contribution in [-0.4, -0.2) is 46.4 Å². The monoisotopic (exact) mass is 531 g/mol. The number of unbranched alkanes of at least 4 members (excludes halogenated alkanes) is 4. The average molecular weight is 532 g/mol. The van der Waals surface area contributed by atoms with Crippen molar-refractivity contribution < 1.29 is 14.3 Å². The highest BCUT2D eigenvalue weighted by Crippen LogP contribution is 2.17. The summed E-state index contributed by atoms with van der Waals surface area (Å²) in [5.41, 5.74) is 3.25. The van der Waals surface area contributed by atoms with Crippen LogP contribution in [0.1, 0.15) is 75.6 Å². The Hall–Kier alpha value is -3.54. The van der Waals surface area contributed by atoms with Crippen LogP contribution in [0, 0.1) is 0 Å². The molecule has 0 unspecified atom stereocenters. The smallest absolute Gasteiger partial charge is 0.242 e.